The van der Waals surface area contributed by atoms with Crippen LogP contribution < -0.4 is 10.0 Å². The van der Waals surface area contributed by atoms with Crippen LogP contribution in [0.5, 0.6) is 0 Å². The highest BCUT2D eigenvalue weighted by Crippen LogP contribution is 2.46. The number of hydrogen-bond donors (Lipinski definition) is 2. The van der Waals surface area contributed by atoms with Crippen molar-refractivity contribution in [3.05, 3.63) is 71.4 Å². The van der Waals surface area contributed by atoms with Crippen LogP contribution in [0.2, 0.25) is 0 Å². The number of methoxy groups -OCH3 is 1. The zero-order valence-corrected chi connectivity index (χ0v) is 20.9. The van der Waals surface area contributed by atoms with Gasteiger partial charge < -0.3 is 15.0 Å². The average Bonchev–Trinajstić information content (AvgIpc) is 3.04. The van der Waals surface area contributed by atoms with Crippen molar-refractivity contribution in [3.63, 3.8) is 0 Å². The molecule has 198 valence electrons. The first-order chi connectivity index (χ1) is 17.2. The van der Waals surface area contributed by atoms with Crippen molar-refractivity contribution < 1.29 is 40.7 Å². The van der Waals surface area contributed by atoms with E-state index >= 15 is 0 Å². The van der Waals surface area contributed by atoms with Gasteiger partial charge in [0.25, 0.3) is 5.91 Å². The number of anilines is 1. The van der Waals surface area contributed by atoms with E-state index in [0.29, 0.717) is 5.56 Å². The summed E-state index contributed by atoms with van der Waals surface area (Å²) in [4.78, 5) is 37.3. The Morgan fingerprint density at radius 3 is 2.16 bits per heavy atom. The molecule has 13 heteroatoms. The molecule has 0 radical (unpaired) electrons. The van der Waals surface area contributed by atoms with Crippen molar-refractivity contribution in [2.24, 2.45) is 0 Å². The van der Waals surface area contributed by atoms with Gasteiger partial charge in [0, 0.05) is 24.9 Å². The van der Waals surface area contributed by atoms with Gasteiger partial charge in [0.15, 0.2) is 0 Å². The fourth-order valence-electron chi connectivity index (χ4n) is 4.02. The molecule has 0 aliphatic carbocycles. The minimum atomic E-state index is -5.56. The summed E-state index contributed by atoms with van der Waals surface area (Å²) in [5.41, 5.74) is -4.55. The fraction of sp³-hybridized carbons (Fsp3) is 0.292. The molecular formula is C24H24F3N3O6S. The van der Waals surface area contributed by atoms with Crippen LogP contribution >= 0.6 is 0 Å². The zero-order valence-electron chi connectivity index (χ0n) is 20.0. The Bertz CT molecular complexity index is 1340. The van der Waals surface area contributed by atoms with Gasteiger partial charge in [-0.1, -0.05) is 30.3 Å². The van der Waals surface area contributed by atoms with E-state index in [1.54, 1.807) is 30.3 Å². The monoisotopic (exact) mass is 539 g/mol. The summed E-state index contributed by atoms with van der Waals surface area (Å²) >= 11 is 0. The summed E-state index contributed by atoms with van der Waals surface area (Å²) in [6.45, 7) is 2.09. The third-order valence-electron chi connectivity index (χ3n) is 5.76. The number of amides is 2. The molecule has 2 N–H and O–H groups in total. The van der Waals surface area contributed by atoms with Crippen molar-refractivity contribution in [1.29, 1.82) is 0 Å². The summed E-state index contributed by atoms with van der Waals surface area (Å²) in [6, 6.07) is 12.9. The van der Waals surface area contributed by atoms with Crippen molar-refractivity contribution in [2.45, 2.75) is 36.9 Å². The highest BCUT2D eigenvalue weighted by Gasteiger charge is 2.71. The third kappa shape index (κ3) is 5.37. The number of hydrogen-bond acceptors (Lipinski definition) is 6. The van der Waals surface area contributed by atoms with Crippen LogP contribution in [0, 0.1) is 0 Å². The topological polar surface area (TPSA) is 122 Å². The predicted octanol–water partition coefficient (Wildman–Crippen LogP) is 2.76. The lowest BCUT2D eigenvalue weighted by Gasteiger charge is -2.32. The maximum atomic E-state index is 14.7. The summed E-state index contributed by atoms with van der Waals surface area (Å²) in [7, 11) is -4.19. The SMILES string of the molecule is COC(=O)C1=C(C)N(CCc2ccccc2)C(=O)[C@@]1(NS(=O)(=O)c1ccc(NC(C)=O)cc1)C(F)(F)F. The van der Waals surface area contributed by atoms with Crippen molar-refractivity contribution in [2.75, 3.05) is 19.0 Å². The number of sulfonamides is 1. The van der Waals surface area contributed by atoms with E-state index in [-0.39, 0.29) is 24.4 Å². The normalized spacial score (nSPS) is 18.2. The number of nitrogens with zero attached hydrogens (tertiary/aromatic N) is 1. The number of ether oxygens (including phenoxy) is 1. The second kappa shape index (κ2) is 10.3. The van der Waals surface area contributed by atoms with Crippen molar-refractivity contribution in [3.8, 4) is 0 Å². The van der Waals surface area contributed by atoms with Gasteiger partial charge in [-0.25, -0.2) is 13.2 Å². The molecule has 2 aromatic carbocycles. The van der Waals surface area contributed by atoms with Crippen LogP contribution in [0.4, 0.5) is 18.9 Å². The highest BCUT2D eigenvalue weighted by atomic mass is 32.2. The maximum Gasteiger partial charge on any atom is 0.421 e. The number of esters is 1. The second-order valence-electron chi connectivity index (χ2n) is 8.20. The quantitative estimate of drug-likeness (QED) is 0.498. The first-order valence-electron chi connectivity index (χ1n) is 10.9. The number of nitrogens with one attached hydrogen (secondary N) is 2. The summed E-state index contributed by atoms with van der Waals surface area (Å²) < 4.78 is 76.4. The number of allylic oxidation sites excluding steroid dienone is 1. The molecular weight excluding hydrogens is 515 g/mol. The van der Waals surface area contributed by atoms with Gasteiger partial charge in [0.1, 0.15) is 0 Å². The van der Waals surface area contributed by atoms with Gasteiger partial charge in [0.05, 0.1) is 17.6 Å². The lowest BCUT2D eigenvalue weighted by atomic mass is 9.90. The van der Waals surface area contributed by atoms with Crippen molar-refractivity contribution >= 4 is 33.5 Å². The standard InChI is InChI=1S/C24H24F3N3O6S/c1-15-20(21(32)36-3)23(24(25,26)27,22(33)30(15)14-13-17-7-5-4-6-8-17)29-37(34,35)19-11-9-18(10-12-19)28-16(2)31/h4-12,29H,13-14H2,1-3H3,(H,28,31)/t23-/m1/s1. The molecule has 0 fully saturated rings. The number of halogens is 3. The van der Waals surface area contributed by atoms with E-state index in [0.717, 1.165) is 31.1 Å². The smallest absolute Gasteiger partial charge is 0.421 e. The molecule has 1 atom stereocenters. The Balaban J connectivity index is 2.08. The number of carbonyl (C=O) groups excluding carboxylic acids is 3. The van der Waals surface area contributed by atoms with E-state index in [2.05, 4.69) is 10.1 Å². The van der Waals surface area contributed by atoms with Crippen molar-refractivity contribution in [1.82, 2.24) is 9.62 Å². The summed E-state index contributed by atoms with van der Waals surface area (Å²) in [5.74, 6) is -3.62. The van der Waals surface area contributed by atoms with Gasteiger partial charge in [-0.3, -0.25) is 9.59 Å². The molecule has 1 aliphatic heterocycles. The molecule has 2 amide bonds. The number of alkyl halides is 3. The molecule has 9 nitrogen and oxygen atoms in total. The van der Waals surface area contributed by atoms with Crippen LogP contribution in [0.25, 0.3) is 0 Å². The lowest BCUT2D eigenvalue weighted by molar-refractivity contribution is -0.190. The molecule has 3 rings (SSSR count). The number of carbonyl (C=O) groups is 3. The minimum Gasteiger partial charge on any atom is -0.466 e. The van der Waals surface area contributed by atoms with E-state index in [1.807, 2.05) is 0 Å². The largest absolute Gasteiger partial charge is 0.466 e. The molecule has 37 heavy (non-hydrogen) atoms. The van der Waals surface area contributed by atoms with E-state index in [4.69, 9.17) is 0 Å². The molecule has 1 heterocycles. The summed E-state index contributed by atoms with van der Waals surface area (Å²) in [6.07, 6.45) is -5.41. The molecule has 0 saturated heterocycles. The van der Waals surface area contributed by atoms with Gasteiger partial charge in [-0.2, -0.15) is 17.9 Å². The van der Waals surface area contributed by atoms with Gasteiger partial charge in [-0.15, -0.1) is 0 Å². The van der Waals surface area contributed by atoms with Gasteiger partial charge >= 0.3 is 12.1 Å². The number of benzene rings is 2. The second-order valence-corrected chi connectivity index (χ2v) is 9.89. The maximum absolute atomic E-state index is 14.7. The molecule has 0 saturated carbocycles. The Kier molecular flexibility index (Phi) is 7.79. The fourth-order valence-corrected chi connectivity index (χ4v) is 5.34. The zero-order chi connectivity index (χ0) is 27.6. The van der Waals surface area contributed by atoms with Crippen LogP contribution in [-0.4, -0.2) is 56.5 Å². The first-order valence-corrected chi connectivity index (χ1v) is 12.4. The average molecular weight is 540 g/mol. The minimum absolute atomic E-state index is 0.143. The van der Waals surface area contributed by atoms with Crippen LogP contribution in [0.15, 0.2) is 70.8 Å². The molecule has 0 bridgehead atoms. The van der Waals surface area contributed by atoms with E-state index < -0.39 is 50.0 Å². The van der Waals surface area contributed by atoms with Crippen LogP contribution in [0.1, 0.15) is 19.4 Å². The molecule has 0 unspecified atom stereocenters. The Hall–Kier alpha value is -3.71. The number of rotatable bonds is 8. The van der Waals surface area contributed by atoms with E-state index in [9.17, 15) is 36.0 Å². The molecule has 1 aliphatic rings. The molecule has 0 spiro atoms. The van der Waals surface area contributed by atoms with Crippen LogP contribution in [-0.2, 0) is 35.6 Å². The summed E-state index contributed by atoms with van der Waals surface area (Å²) in [5, 5.41) is 2.40. The Labute approximate surface area is 211 Å². The van der Waals surface area contributed by atoms with Gasteiger partial charge in [-0.05, 0) is 43.2 Å². The lowest BCUT2D eigenvalue weighted by Crippen LogP contribution is -2.66. The Morgan fingerprint density at radius 2 is 1.65 bits per heavy atom. The Morgan fingerprint density at radius 1 is 1.05 bits per heavy atom. The molecule has 2 aromatic rings. The molecule has 0 aromatic heterocycles. The van der Waals surface area contributed by atoms with E-state index in [1.165, 1.54) is 23.8 Å². The van der Waals surface area contributed by atoms with Crippen LogP contribution in [0.3, 0.4) is 0 Å². The van der Waals surface area contributed by atoms with Gasteiger partial charge in [0.2, 0.25) is 21.5 Å². The first kappa shape index (κ1) is 27.9. The highest BCUT2D eigenvalue weighted by molar-refractivity contribution is 7.89. The third-order valence-corrected chi connectivity index (χ3v) is 7.23. The predicted molar refractivity (Wildman–Crippen MR) is 126 cm³/mol.